The molecular weight excluding hydrogens is 344 g/mol. The Balaban J connectivity index is 2.22. The van der Waals surface area contributed by atoms with E-state index in [1.54, 1.807) is 25.3 Å². The molecule has 0 fully saturated rings. The lowest BCUT2D eigenvalue weighted by molar-refractivity contribution is -0.112. The number of hydrogen-bond donors (Lipinski definition) is 1. The minimum absolute atomic E-state index is 0.0932. The molecule has 3 aromatic rings. The molecule has 1 N–H and O–H groups in total. The van der Waals surface area contributed by atoms with Crippen LogP contribution >= 0.6 is 0 Å². The van der Waals surface area contributed by atoms with E-state index >= 15 is 0 Å². The second kappa shape index (κ2) is 7.41. The van der Waals surface area contributed by atoms with Crippen LogP contribution in [-0.4, -0.2) is 27.7 Å². The Hall–Kier alpha value is -3.48. The Morgan fingerprint density at radius 1 is 1.26 bits per heavy atom. The van der Waals surface area contributed by atoms with Crippen molar-refractivity contribution < 1.29 is 9.63 Å². The van der Waals surface area contributed by atoms with Crippen LogP contribution in [0.3, 0.4) is 0 Å². The van der Waals surface area contributed by atoms with Crippen molar-refractivity contribution >= 4 is 22.9 Å². The van der Waals surface area contributed by atoms with Gasteiger partial charge in [-0.1, -0.05) is 24.3 Å². The topological polar surface area (TPSA) is 86.1 Å². The normalized spacial score (nSPS) is 11.1. The van der Waals surface area contributed by atoms with E-state index in [-0.39, 0.29) is 23.1 Å². The van der Waals surface area contributed by atoms with Crippen molar-refractivity contribution in [2.45, 2.75) is 20.8 Å². The number of pyridine rings is 1. The molecule has 138 valence electrons. The van der Waals surface area contributed by atoms with E-state index in [2.05, 4.69) is 15.3 Å². The summed E-state index contributed by atoms with van der Waals surface area (Å²) < 4.78 is 1.11. The maximum atomic E-state index is 13.0. The average Bonchev–Trinajstić information content (AvgIpc) is 2.62. The highest BCUT2D eigenvalue weighted by Crippen LogP contribution is 2.26. The van der Waals surface area contributed by atoms with Gasteiger partial charge < -0.3 is 4.84 Å². The number of carbonyl (C=O) groups excluding carboxylic acids is 1. The van der Waals surface area contributed by atoms with Gasteiger partial charge in [-0.05, 0) is 49.6 Å². The number of amides is 1. The largest absolute Gasteiger partial charge is 0.412 e. The number of anilines is 1. The molecule has 7 heteroatoms. The van der Waals surface area contributed by atoms with Gasteiger partial charge in [0.05, 0.1) is 5.56 Å². The van der Waals surface area contributed by atoms with Crippen LogP contribution in [-0.2, 0) is 4.79 Å². The molecule has 0 unspecified atom stereocenters. The van der Waals surface area contributed by atoms with Crippen molar-refractivity contribution in [2.75, 3.05) is 12.4 Å². The number of carbonyl (C=O) groups is 1. The number of benzene rings is 1. The predicted molar refractivity (Wildman–Crippen MR) is 105 cm³/mol. The van der Waals surface area contributed by atoms with Crippen LogP contribution in [0, 0.1) is 13.8 Å². The first kappa shape index (κ1) is 18.3. The Labute approximate surface area is 156 Å². The van der Waals surface area contributed by atoms with E-state index in [0.29, 0.717) is 10.9 Å². The second-order valence-corrected chi connectivity index (χ2v) is 6.07. The summed E-state index contributed by atoms with van der Waals surface area (Å²) in [4.78, 5) is 38.5. The molecule has 0 radical (unpaired) electrons. The maximum Gasteiger partial charge on any atom is 0.292 e. The van der Waals surface area contributed by atoms with Gasteiger partial charge in [-0.3, -0.25) is 14.9 Å². The molecule has 1 amide bonds. The Bertz CT molecular complexity index is 1100. The molecule has 2 heterocycles. The monoisotopic (exact) mass is 364 g/mol. The van der Waals surface area contributed by atoms with Gasteiger partial charge in [-0.2, -0.15) is 4.98 Å². The molecular formula is C20H20N4O3. The lowest BCUT2D eigenvalue weighted by Gasteiger charge is -2.14. The van der Waals surface area contributed by atoms with Crippen molar-refractivity contribution in [3.63, 3.8) is 0 Å². The fourth-order valence-corrected chi connectivity index (χ4v) is 3.02. The summed E-state index contributed by atoms with van der Waals surface area (Å²) in [5, 5.41) is 3.17. The number of fused-ring (bicyclic) bond motifs is 1. The highest BCUT2D eigenvalue weighted by atomic mass is 16.6. The zero-order valence-electron chi connectivity index (χ0n) is 15.6. The van der Waals surface area contributed by atoms with Crippen LogP contribution in [0.15, 0.2) is 47.4 Å². The molecule has 0 aliphatic rings. The molecule has 0 saturated carbocycles. The quantitative estimate of drug-likeness (QED) is 0.719. The molecule has 1 aromatic carbocycles. The van der Waals surface area contributed by atoms with E-state index in [0.717, 1.165) is 21.4 Å². The Kier molecular flexibility index (Phi) is 5.03. The van der Waals surface area contributed by atoms with Crippen molar-refractivity contribution in [1.82, 2.24) is 14.7 Å². The molecule has 0 saturated heterocycles. The fourth-order valence-electron chi connectivity index (χ4n) is 3.02. The highest BCUT2D eigenvalue weighted by Gasteiger charge is 2.16. The fraction of sp³-hybridized carbons (Fsp3) is 0.200. The smallest absolute Gasteiger partial charge is 0.292 e. The van der Waals surface area contributed by atoms with Gasteiger partial charge in [-0.15, -0.1) is 4.73 Å². The van der Waals surface area contributed by atoms with Gasteiger partial charge in [0.15, 0.2) is 5.65 Å². The number of aromatic nitrogens is 3. The third-order valence-corrected chi connectivity index (χ3v) is 4.19. The van der Waals surface area contributed by atoms with Crippen molar-refractivity contribution in [3.8, 4) is 11.1 Å². The van der Waals surface area contributed by atoms with Crippen LogP contribution in [0.4, 0.5) is 5.95 Å². The summed E-state index contributed by atoms with van der Waals surface area (Å²) in [7, 11) is 1.40. The molecule has 0 spiro atoms. The van der Waals surface area contributed by atoms with Crippen LogP contribution in [0.25, 0.3) is 22.2 Å². The van der Waals surface area contributed by atoms with Crippen LogP contribution in [0.5, 0.6) is 0 Å². The number of aryl methyl sites for hydroxylation is 2. The molecule has 2 aromatic heterocycles. The average molecular weight is 364 g/mol. The summed E-state index contributed by atoms with van der Waals surface area (Å²) in [6.07, 6.45) is 4.53. The van der Waals surface area contributed by atoms with Crippen molar-refractivity contribution in [3.05, 3.63) is 64.1 Å². The lowest BCUT2D eigenvalue weighted by atomic mass is 9.96. The lowest BCUT2D eigenvalue weighted by Crippen LogP contribution is -2.28. The van der Waals surface area contributed by atoms with Crippen LogP contribution in [0.1, 0.15) is 18.1 Å². The van der Waals surface area contributed by atoms with Gasteiger partial charge >= 0.3 is 0 Å². The zero-order chi connectivity index (χ0) is 19.6. The zero-order valence-corrected chi connectivity index (χ0v) is 15.6. The first-order valence-electron chi connectivity index (χ1n) is 8.43. The van der Waals surface area contributed by atoms with Gasteiger partial charge in [-0.25, -0.2) is 4.98 Å². The third kappa shape index (κ3) is 3.44. The molecule has 0 aliphatic carbocycles. The van der Waals surface area contributed by atoms with Crippen LogP contribution in [0.2, 0.25) is 0 Å². The molecule has 0 bridgehead atoms. The minimum Gasteiger partial charge on any atom is -0.412 e. The summed E-state index contributed by atoms with van der Waals surface area (Å²) >= 11 is 0. The van der Waals surface area contributed by atoms with Gasteiger partial charge in [0.2, 0.25) is 11.9 Å². The summed E-state index contributed by atoms with van der Waals surface area (Å²) in [5.41, 5.74) is 3.31. The second-order valence-electron chi connectivity index (χ2n) is 6.07. The van der Waals surface area contributed by atoms with Crippen LogP contribution < -0.4 is 15.7 Å². The van der Waals surface area contributed by atoms with Gasteiger partial charge in [0.1, 0.15) is 7.11 Å². The van der Waals surface area contributed by atoms with Crippen molar-refractivity contribution in [1.29, 1.82) is 0 Å². The summed E-state index contributed by atoms with van der Waals surface area (Å²) in [6.45, 7) is 5.65. The summed E-state index contributed by atoms with van der Waals surface area (Å²) in [6, 6.07) is 7.62. The van der Waals surface area contributed by atoms with Gasteiger partial charge in [0.25, 0.3) is 5.56 Å². The number of rotatable bonds is 4. The van der Waals surface area contributed by atoms with E-state index in [9.17, 15) is 9.59 Å². The molecule has 27 heavy (non-hydrogen) atoms. The van der Waals surface area contributed by atoms with E-state index in [1.807, 2.05) is 32.0 Å². The molecule has 7 nitrogen and oxygen atoms in total. The Morgan fingerprint density at radius 3 is 2.59 bits per heavy atom. The highest BCUT2D eigenvalue weighted by molar-refractivity contribution is 5.98. The molecule has 3 rings (SSSR count). The standard InChI is InChI=1S/C20H20N4O3/c1-5-7-16(25)22-20-21-11-14-10-15(17-12(2)8-6-9-13(17)3)19(26)24(27-4)18(14)23-20/h5-11H,1-4H3,(H,21,22,23,25). The van der Waals surface area contributed by atoms with E-state index in [1.165, 1.54) is 13.2 Å². The molecule has 0 atom stereocenters. The molecule has 0 aliphatic heterocycles. The number of nitrogens with zero attached hydrogens (tertiary/aromatic N) is 3. The first-order valence-corrected chi connectivity index (χ1v) is 8.43. The predicted octanol–water partition coefficient (Wildman–Crippen LogP) is 2.65. The SMILES string of the molecule is CC=CC(=O)Nc1ncc2cc(-c3c(C)cccc3C)c(=O)n(OC)c2n1. The van der Waals surface area contributed by atoms with Gasteiger partial charge in [0, 0.05) is 11.6 Å². The summed E-state index contributed by atoms with van der Waals surface area (Å²) in [5.74, 6) is -0.258. The van der Waals surface area contributed by atoms with E-state index in [4.69, 9.17) is 4.84 Å². The van der Waals surface area contributed by atoms with E-state index < -0.39 is 0 Å². The first-order chi connectivity index (χ1) is 13.0. The number of nitrogens with one attached hydrogen (secondary N) is 1. The Morgan fingerprint density at radius 2 is 1.96 bits per heavy atom. The minimum atomic E-state index is -0.352. The maximum absolute atomic E-state index is 13.0. The number of allylic oxidation sites excluding steroid dienone is 1. The number of hydrogen-bond acceptors (Lipinski definition) is 5. The van der Waals surface area contributed by atoms with Crippen molar-refractivity contribution in [2.24, 2.45) is 0 Å². The third-order valence-electron chi connectivity index (χ3n) is 4.19.